The SMILES string of the molecule is Cc1cccn2cc(CNC(=O)c3cn(CC(C)C)cc(C(=O)N4CCCCC4)c3=O)nc12. The minimum absolute atomic E-state index is 0.0153. The Morgan fingerprint density at radius 1 is 1.09 bits per heavy atom. The fraction of sp³-hybridized carbons (Fsp3) is 0.440. The summed E-state index contributed by atoms with van der Waals surface area (Å²) in [6.45, 7) is 8.16. The molecule has 0 radical (unpaired) electrons. The Labute approximate surface area is 193 Å². The van der Waals surface area contributed by atoms with Crippen LogP contribution in [0.3, 0.4) is 0 Å². The number of pyridine rings is 2. The van der Waals surface area contributed by atoms with E-state index in [1.54, 1.807) is 21.9 Å². The molecule has 0 aliphatic carbocycles. The number of hydrogen-bond donors (Lipinski definition) is 1. The summed E-state index contributed by atoms with van der Waals surface area (Å²) in [5, 5.41) is 2.81. The van der Waals surface area contributed by atoms with Crippen LogP contribution in [0.25, 0.3) is 5.65 Å². The molecule has 0 aromatic carbocycles. The van der Waals surface area contributed by atoms with Crippen LogP contribution in [0.4, 0.5) is 0 Å². The highest BCUT2D eigenvalue weighted by Gasteiger charge is 2.24. The van der Waals surface area contributed by atoms with E-state index >= 15 is 0 Å². The summed E-state index contributed by atoms with van der Waals surface area (Å²) in [5.74, 6) is -0.496. The van der Waals surface area contributed by atoms with E-state index in [-0.39, 0.29) is 23.6 Å². The zero-order valence-corrected chi connectivity index (χ0v) is 19.5. The molecule has 1 aliphatic rings. The predicted octanol–water partition coefficient (Wildman–Crippen LogP) is 3.02. The summed E-state index contributed by atoms with van der Waals surface area (Å²) in [7, 11) is 0. The molecule has 1 fully saturated rings. The number of carbonyl (C=O) groups excluding carboxylic acids is 2. The van der Waals surface area contributed by atoms with Crippen LogP contribution in [0.5, 0.6) is 0 Å². The Bertz CT molecular complexity index is 1230. The number of hydrogen-bond acceptors (Lipinski definition) is 4. The number of aromatic nitrogens is 3. The van der Waals surface area contributed by atoms with Gasteiger partial charge in [-0.2, -0.15) is 0 Å². The number of rotatable bonds is 6. The van der Waals surface area contributed by atoms with Crippen molar-refractivity contribution in [3.8, 4) is 0 Å². The summed E-state index contributed by atoms with van der Waals surface area (Å²) in [5.41, 5.74) is 2.09. The number of likely N-dealkylation sites (tertiary alicyclic amines) is 1. The van der Waals surface area contributed by atoms with Gasteiger partial charge in [-0.1, -0.05) is 19.9 Å². The summed E-state index contributed by atoms with van der Waals surface area (Å²) < 4.78 is 3.69. The molecule has 1 N–H and O–H groups in total. The molecule has 2 amide bonds. The zero-order valence-electron chi connectivity index (χ0n) is 19.5. The molecule has 4 heterocycles. The largest absolute Gasteiger partial charge is 0.352 e. The van der Waals surface area contributed by atoms with Gasteiger partial charge in [0, 0.05) is 44.4 Å². The van der Waals surface area contributed by atoms with Crippen LogP contribution < -0.4 is 10.7 Å². The monoisotopic (exact) mass is 449 g/mol. The van der Waals surface area contributed by atoms with Gasteiger partial charge in [-0.3, -0.25) is 14.4 Å². The van der Waals surface area contributed by atoms with Gasteiger partial charge >= 0.3 is 0 Å². The van der Waals surface area contributed by atoms with Gasteiger partial charge in [0.1, 0.15) is 16.8 Å². The Morgan fingerprint density at radius 2 is 1.82 bits per heavy atom. The van der Waals surface area contributed by atoms with Crippen LogP contribution in [0, 0.1) is 12.8 Å². The lowest BCUT2D eigenvalue weighted by molar-refractivity contribution is 0.0722. The number of nitrogens with one attached hydrogen (secondary N) is 1. The highest BCUT2D eigenvalue weighted by Crippen LogP contribution is 2.13. The summed E-state index contributed by atoms with van der Waals surface area (Å²) in [6, 6.07) is 3.92. The second kappa shape index (κ2) is 9.60. The number of piperidine rings is 1. The van der Waals surface area contributed by atoms with E-state index in [9.17, 15) is 14.4 Å². The third-order valence-electron chi connectivity index (χ3n) is 5.93. The van der Waals surface area contributed by atoms with Gasteiger partial charge in [0.25, 0.3) is 11.8 Å². The molecule has 0 spiro atoms. The van der Waals surface area contributed by atoms with Gasteiger partial charge in [0.15, 0.2) is 0 Å². The standard InChI is InChI=1S/C25H31N5O3/c1-17(2)13-28-15-20(22(31)21(16-28)25(33)29-9-5-4-6-10-29)24(32)26-12-19-14-30-11-7-8-18(3)23(30)27-19/h7-8,11,14-17H,4-6,9-10,12-13H2,1-3H3,(H,26,32). The first-order valence-electron chi connectivity index (χ1n) is 11.6. The lowest BCUT2D eigenvalue weighted by Crippen LogP contribution is -2.40. The molecule has 174 valence electrons. The van der Waals surface area contributed by atoms with Crippen molar-refractivity contribution in [2.24, 2.45) is 5.92 Å². The van der Waals surface area contributed by atoms with Crippen LogP contribution in [0.15, 0.2) is 41.7 Å². The summed E-state index contributed by atoms with van der Waals surface area (Å²) in [4.78, 5) is 45.6. The van der Waals surface area contributed by atoms with Crippen molar-refractivity contribution in [2.45, 2.75) is 53.1 Å². The highest BCUT2D eigenvalue weighted by atomic mass is 16.2. The lowest BCUT2D eigenvalue weighted by Gasteiger charge is -2.27. The minimum atomic E-state index is -0.520. The lowest BCUT2D eigenvalue weighted by atomic mass is 10.1. The first kappa shape index (κ1) is 22.8. The quantitative estimate of drug-likeness (QED) is 0.627. The molecule has 1 aliphatic heterocycles. The topological polar surface area (TPSA) is 88.7 Å². The van der Waals surface area contributed by atoms with Crippen molar-refractivity contribution in [1.29, 1.82) is 0 Å². The van der Waals surface area contributed by atoms with Crippen LogP contribution in [0.2, 0.25) is 0 Å². The Morgan fingerprint density at radius 3 is 2.52 bits per heavy atom. The van der Waals surface area contributed by atoms with Gasteiger partial charge in [0.2, 0.25) is 5.43 Å². The number of amides is 2. The number of carbonyl (C=O) groups is 2. The fourth-order valence-corrected chi connectivity index (χ4v) is 4.30. The molecular formula is C25H31N5O3. The Kier molecular flexibility index (Phi) is 6.62. The minimum Gasteiger partial charge on any atom is -0.352 e. The Hall–Kier alpha value is -3.42. The van der Waals surface area contributed by atoms with Gasteiger partial charge < -0.3 is 19.2 Å². The average molecular weight is 450 g/mol. The van der Waals surface area contributed by atoms with E-state index in [0.717, 1.165) is 30.5 Å². The van der Waals surface area contributed by atoms with E-state index in [4.69, 9.17) is 0 Å². The van der Waals surface area contributed by atoms with Gasteiger partial charge in [-0.25, -0.2) is 4.98 Å². The number of aryl methyl sites for hydroxylation is 1. The van der Waals surface area contributed by atoms with Gasteiger partial charge in [0.05, 0.1) is 12.2 Å². The third kappa shape index (κ3) is 4.99. The normalized spacial score (nSPS) is 14.1. The molecule has 0 atom stereocenters. The maximum absolute atomic E-state index is 13.2. The number of nitrogens with zero attached hydrogens (tertiary/aromatic N) is 4. The van der Waals surface area contributed by atoms with E-state index in [0.29, 0.717) is 31.2 Å². The molecule has 0 bridgehead atoms. The van der Waals surface area contributed by atoms with Gasteiger partial charge in [-0.05, 0) is 43.7 Å². The molecule has 33 heavy (non-hydrogen) atoms. The smallest absolute Gasteiger partial charge is 0.259 e. The number of fused-ring (bicyclic) bond motifs is 1. The van der Waals surface area contributed by atoms with Crippen molar-refractivity contribution in [1.82, 2.24) is 24.2 Å². The second-order valence-electron chi connectivity index (χ2n) is 9.20. The molecule has 8 heteroatoms. The fourth-order valence-electron chi connectivity index (χ4n) is 4.30. The van der Waals surface area contributed by atoms with Crippen molar-refractivity contribution < 1.29 is 9.59 Å². The zero-order chi connectivity index (χ0) is 23.5. The summed E-state index contributed by atoms with van der Waals surface area (Å²) in [6.07, 6.45) is 9.87. The van der Waals surface area contributed by atoms with E-state index in [2.05, 4.69) is 24.1 Å². The molecular weight excluding hydrogens is 418 g/mol. The average Bonchev–Trinajstić information content (AvgIpc) is 3.23. The number of imidazole rings is 1. The third-order valence-corrected chi connectivity index (χ3v) is 5.93. The van der Waals surface area contributed by atoms with Gasteiger partial charge in [-0.15, -0.1) is 0 Å². The summed E-state index contributed by atoms with van der Waals surface area (Å²) >= 11 is 0. The van der Waals surface area contributed by atoms with Crippen molar-refractivity contribution >= 4 is 17.5 Å². The predicted molar refractivity (Wildman–Crippen MR) is 126 cm³/mol. The highest BCUT2D eigenvalue weighted by molar-refractivity contribution is 5.99. The van der Waals surface area contributed by atoms with Crippen LogP contribution in [-0.2, 0) is 13.1 Å². The maximum atomic E-state index is 13.2. The molecule has 8 nitrogen and oxygen atoms in total. The first-order valence-corrected chi connectivity index (χ1v) is 11.6. The molecule has 1 saturated heterocycles. The van der Waals surface area contributed by atoms with E-state index in [1.807, 2.05) is 35.9 Å². The molecule has 0 unspecified atom stereocenters. The van der Waals surface area contributed by atoms with Crippen LogP contribution in [-0.4, -0.2) is 43.8 Å². The first-order chi connectivity index (χ1) is 15.8. The molecule has 3 aromatic rings. The van der Waals surface area contributed by atoms with Crippen molar-refractivity contribution in [3.05, 3.63) is 69.5 Å². The van der Waals surface area contributed by atoms with E-state index in [1.165, 1.54) is 0 Å². The van der Waals surface area contributed by atoms with Crippen molar-refractivity contribution in [2.75, 3.05) is 13.1 Å². The van der Waals surface area contributed by atoms with E-state index < -0.39 is 11.3 Å². The maximum Gasteiger partial charge on any atom is 0.259 e. The second-order valence-corrected chi connectivity index (χ2v) is 9.20. The molecule has 4 rings (SSSR count). The molecule has 3 aromatic heterocycles. The Balaban J connectivity index is 1.60. The van der Waals surface area contributed by atoms with Crippen LogP contribution in [0.1, 0.15) is 65.1 Å². The molecule has 0 saturated carbocycles. The van der Waals surface area contributed by atoms with Crippen LogP contribution >= 0.6 is 0 Å². The van der Waals surface area contributed by atoms with Crippen molar-refractivity contribution in [3.63, 3.8) is 0 Å².